The molecule has 0 fully saturated rings. The van der Waals surface area contributed by atoms with Crippen LogP contribution in [0.2, 0.25) is 0 Å². The molecule has 0 aliphatic heterocycles. The maximum Gasteiger partial charge on any atom is 0.212 e. The van der Waals surface area contributed by atoms with Gasteiger partial charge in [-0.1, -0.05) is 0 Å². The molecule has 0 spiro atoms. The van der Waals surface area contributed by atoms with Crippen LogP contribution in [0.15, 0.2) is 30.7 Å². The van der Waals surface area contributed by atoms with E-state index < -0.39 is 0 Å². The second-order valence-corrected chi connectivity index (χ2v) is 3.37. The van der Waals surface area contributed by atoms with Crippen LogP contribution in [-0.2, 0) is 0 Å². The molecule has 0 aromatic carbocycles. The van der Waals surface area contributed by atoms with Crippen molar-refractivity contribution >= 4 is 5.82 Å². The third-order valence-electron chi connectivity index (χ3n) is 2.26. The molecular weight excluding hydrogens is 216 g/mol. The second-order valence-electron chi connectivity index (χ2n) is 3.37. The van der Waals surface area contributed by atoms with Crippen molar-refractivity contribution in [1.29, 1.82) is 0 Å². The van der Waals surface area contributed by atoms with Gasteiger partial charge in [-0.05, 0) is 13.0 Å². The molecule has 0 radical (unpaired) electrons. The molecule has 0 bridgehead atoms. The standard InChI is InChI=1S/C12H14N4O/c1-3-13-12-11(14-6-7-15-12)9-4-5-10(17-2)16-8-9/h4-8H,3H2,1-2H3,(H,13,15). The zero-order valence-corrected chi connectivity index (χ0v) is 9.84. The molecule has 5 nitrogen and oxygen atoms in total. The van der Waals surface area contributed by atoms with Crippen LogP contribution in [0.1, 0.15) is 6.92 Å². The summed E-state index contributed by atoms with van der Waals surface area (Å²) < 4.78 is 5.02. The third kappa shape index (κ3) is 2.50. The van der Waals surface area contributed by atoms with Gasteiger partial charge in [-0.3, -0.25) is 4.98 Å². The third-order valence-corrected chi connectivity index (χ3v) is 2.26. The summed E-state index contributed by atoms with van der Waals surface area (Å²) in [6.45, 7) is 2.82. The van der Waals surface area contributed by atoms with Crippen molar-refractivity contribution < 1.29 is 4.74 Å². The Kier molecular flexibility index (Phi) is 3.49. The highest BCUT2D eigenvalue weighted by atomic mass is 16.5. The van der Waals surface area contributed by atoms with E-state index in [1.54, 1.807) is 31.8 Å². The van der Waals surface area contributed by atoms with Crippen LogP contribution in [0.5, 0.6) is 5.88 Å². The Balaban J connectivity index is 2.37. The van der Waals surface area contributed by atoms with E-state index in [9.17, 15) is 0 Å². The van der Waals surface area contributed by atoms with Crippen molar-refractivity contribution in [3.63, 3.8) is 0 Å². The minimum absolute atomic E-state index is 0.586. The van der Waals surface area contributed by atoms with E-state index in [1.807, 2.05) is 13.0 Å². The number of anilines is 1. The summed E-state index contributed by atoms with van der Waals surface area (Å²) >= 11 is 0. The van der Waals surface area contributed by atoms with Crippen molar-refractivity contribution in [2.45, 2.75) is 6.92 Å². The molecule has 5 heteroatoms. The lowest BCUT2D eigenvalue weighted by atomic mass is 10.2. The molecule has 0 aliphatic rings. The quantitative estimate of drug-likeness (QED) is 0.870. The fraction of sp³-hybridized carbons (Fsp3) is 0.250. The maximum atomic E-state index is 5.02. The molecule has 0 saturated heterocycles. The summed E-state index contributed by atoms with van der Waals surface area (Å²) in [5.74, 6) is 1.35. The zero-order chi connectivity index (χ0) is 12.1. The SMILES string of the molecule is CCNc1nccnc1-c1ccc(OC)nc1. The van der Waals surface area contributed by atoms with E-state index in [4.69, 9.17) is 4.74 Å². The molecule has 17 heavy (non-hydrogen) atoms. The molecule has 0 aliphatic carbocycles. The minimum Gasteiger partial charge on any atom is -0.481 e. The van der Waals surface area contributed by atoms with Gasteiger partial charge in [0.25, 0.3) is 0 Å². The average Bonchev–Trinajstić information content (AvgIpc) is 2.40. The number of nitrogens with one attached hydrogen (secondary N) is 1. The molecule has 0 unspecified atom stereocenters. The summed E-state index contributed by atoms with van der Waals surface area (Å²) in [7, 11) is 1.59. The van der Waals surface area contributed by atoms with Gasteiger partial charge in [-0.25, -0.2) is 9.97 Å². The van der Waals surface area contributed by atoms with E-state index in [2.05, 4.69) is 20.3 Å². The number of pyridine rings is 1. The van der Waals surface area contributed by atoms with Gasteiger partial charge in [0.05, 0.1) is 7.11 Å². The van der Waals surface area contributed by atoms with Crippen LogP contribution in [-0.4, -0.2) is 28.6 Å². The molecule has 2 aromatic rings. The second kappa shape index (κ2) is 5.25. The first kappa shape index (κ1) is 11.3. The van der Waals surface area contributed by atoms with Crippen LogP contribution < -0.4 is 10.1 Å². The molecule has 0 atom stereocenters. The van der Waals surface area contributed by atoms with Crippen LogP contribution in [0.4, 0.5) is 5.82 Å². The van der Waals surface area contributed by atoms with E-state index in [0.717, 1.165) is 23.6 Å². The molecule has 2 aromatic heterocycles. The van der Waals surface area contributed by atoms with Gasteiger partial charge >= 0.3 is 0 Å². The van der Waals surface area contributed by atoms with Crippen molar-refractivity contribution in [2.24, 2.45) is 0 Å². The average molecular weight is 230 g/mol. The van der Waals surface area contributed by atoms with Gasteiger partial charge in [-0.15, -0.1) is 0 Å². The number of methoxy groups -OCH3 is 1. The van der Waals surface area contributed by atoms with E-state index in [-0.39, 0.29) is 0 Å². The van der Waals surface area contributed by atoms with Crippen LogP contribution in [0, 0.1) is 0 Å². The molecule has 88 valence electrons. The molecule has 2 heterocycles. The molecule has 0 saturated carbocycles. The van der Waals surface area contributed by atoms with Crippen molar-refractivity contribution in [3.8, 4) is 17.1 Å². The van der Waals surface area contributed by atoms with Crippen molar-refractivity contribution in [2.75, 3.05) is 19.0 Å². The van der Waals surface area contributed by atoms with E-state index in [1.165, 1.54) is 0 Å². The Bertz CT molecular complexity index is 484. The summed E-state index contributed by atoms with van der Waals surface area (Å²) in [5.41, 5.74) is 1.71. The lowest BCUT2D eigenvalue weighted by Gasteiger charge is -2.08. The fourth-order valence-corrected chi connectivity index (χ4v) is 1.49. The van der Waals surface area contributed by atoms with Gasteiger partial charge < -0.3 is 10.1 Å². The highest BCUT2D eigenvalue weighted by Crippen LogP contribution is 2.23. The first-order valence-corrected chi connectivity index (χ1v) is 5.40. The van der Waals surface area contributed by atoms with Gasteiger partial charge in [-0.2, -0.15) is 0 Å². The van der Waals surface area contributed by atoms with Gasteiger partial charge in [0, 0.05) is 36.8 Å². The number of hydrogen-bond acceptors (Lipinski definition) is 5. The predicted molar refractivity (Wildman–Crippen MR) is 66.0 cm³/mol. The predicted octanol–water partition coefficient (Wildman–Crippen LogP) is 1.98. The monoisotopic (exact) mass is 230 g/mol. The Morgan fingerprint density at radius 2 is 2.00 bits per heavy atom. The molecule has 0 amide bonds. The normalized spacial score (nSPS) is 10.0. The summed E-state index contributed by atoms with van der Waals surface area (Å²) in [4.78, 5) is 12.7. The lowest BCUT2D eigenvalue weighted by molar-refractivity contribution is 0.398. The van der Waals surface area contributed by atoms with Crippen molar-refractivity contribution in [1.82, 2.24) is 15.0 Å². The Hall–Kier alpha value is -2.17. The highest BCUT2D eigenvalue weighted by molar-refractivity contribution is 5.70. The Morgan fingerprint density at radius 3 is 2.65 bits per heavy atom. The fourth-order valence-electron chi connectivity index (χ4n) is 1.49. The van der Waals surface area contributed by atoms with Crippen LogP contribution in [0.25, 0.3) is 11.3 Å². The van der Waals surface area contributed by atoms with Crippen LogP contribution in [0.3, 0.4) is 0 Å². The first-order valence-electron chi connectivity index (χ1n) is 5.40. The summed E-state index contributed by atoms with van der Waals surface area (Å²) in [5, 5.41) is 3.17. The maximum absolute atomic E-state index is 5.02. The number of rotatable bonds is 4. The van der Waals surface area contributed by atoms with Gasteiger partial charge in [0.15, 0.2) is 5.82 Å². The zero-order valence-electron chi connectivity index (χ0n) is 9.84. The number of nitrogens with zero attached hydrogens (tertiary/aromatic N) is 3. The van der Waals surface area contributed by atoms with Crippen molar-refractivity contribution in [3.05, 3.63) is 30.7 Å². The Labute approximate surface area is 99.9 Å². The van der Waals surface area contributed by atoms with E-state index in [0.29, 0.717) is 5.88 Å². The lowest BCUT2D eigenvalue weighted by Crippen LogP contribution is -2.02. The smallest absolute Gasteiger partial charge is 0.212 e. The summed E-state index contributed by atoms with van der Waals surface area (Å²) in [6, 6.07) is 3.72. The largest absolute Gasteiger partial charge is 0.481 e. The number of ether oxygens (including phenoxy) is 1. The summed E-state index contributed by atoms with van der Waals surface area (Å²) in [6.07, 6.45) is 5.06. The Morgan fingerprint density at radius 1 is 1.18 bits per heavy atom. The number of aromatic nitrogens is 3. The minimum atomic E-state index is 0.586. The highest BCUT2D eigenvalue weighted by Gasteiger charge is 2.07. The molecule has 2 rings (SSSR count). The van der Waals surface area contributed by atoms with Gasteiger partial charge in [0.1, 0.15) is 5.69 Å². The molecule has 1 N–H and O–H groups in total. The first-order chi connectivity index (χ1) is 8.35. The van der Waals surface area contributed by atoms with Crippen LogP contribution >= 0.6 is 0 Å². The molecular formula is C12H14N4O. The van der Waals surface area contributed by atoms with E-state index >= 15 is 0 Å². The van der Waals surface area contributed by atoms with Gasteiger partial charge in [0.2, 0.25) is 5.88 Å². The topological polar surface area (TPSA) is 59.9 Å². The number of hydrogen-bond donors (Lipinski definition) is 1.